The summed E-state index contributed by atoms with van der Waals surface area (Å²) in [6.07, 6.45) is 3.77. The summed E-state index contributed by atoms with van der Waals surface area (Å²) in [6.45, 7) is 7.58. The van der Waals surface area contributed by atoms with Crippen molar-refractivity contribution in [1.29, 1.82) is 5.41 Å². The number of benzene rings is 2. The van der Waals surface area contributed by atoms with Gasteiger partial charge in [-0.1, -0.05) is 12.1 Å². The summed E-state index contributed by atoms with van der Waals surface area (Å²) >= 11 is 0. The minimum absolute atomic E-state index is 0.0661. The predicted octanol–water partition coefficient (Wildman–Crippen LogP) is 3.57. The summed E-state index contributed by atoms with van der Waals surface area (Å²) in [5.41, 5.74) is 8.51. The highest BCUT2D eigenvalue weighted by atomic mass is 16.5. The molecule has 8 heteroatoms. The van der Waals surface area contributed by atoms with Gasteiger partial charge in [-0.15, -0.1) is 0 Å². The molecule has 0 fully saturated rings. The van der Waals surface area contributed by atoms with Crippen LogP contribution in [0.25, 0.3) is 6.08 Å². The van der Waals surface area contributed by atoms with E-state index in [4.69, 9.17) is 15.9 Å². The number of rotatable bonds is 6. The number of ether oxygens (including phenoxy) is 1. The molecule has 1 unspecified atom stereocenters. The van der Waals surface area contributed by atoms with Gasteiger partial charge in [-0.05, 0) is 62.6 Å². The third-order valence-corrected chi connectivity index (χ3v) is 5.95. The standard InChI is InChI=1S/C25H30N4O4/c1-14-15(2)23-21(16(3)22(14)32)19(30)13-25(4,33-23)11-12-28-20(31)10-7-17-5-8-18(9-6-17)29-24(26)27/h5-10,32H,11-13H2,1-4H3,(H,28,31)(H4,26,27,29). The lowest BCUT2D eigenvalue weighted by Crippen LogP contribution is -2.42. The fraction of sp³-hybridized carbons (Fsp3) is 0.320. The number of Topliss-reactive ketones (excluding diaryl/α,β-unsaturated/α-hetero) is 1. The number of phenolic OH excluding ortho intramolecular Hbond substituents is 1. The van der Waals surface area contributed by atoms with Crippen LogP contribution in [0.1, 0.15) is 52.4 Å². The maximum absolute atomic E-state index is 12.9. The summed E-state index contributed by atoms with van der Waals surface area (Å²) < 4.78 is 6.26. The number of phenols is 1. The monoisotopic (exact) mass is 450 g/mol. The van der Waals surface area contributed by atoms with E-state index in [1.807, 2.05) is 13.8 Å². The van der Waals surface area contributed by atoms with Gasteiger partial charge in [0.1, 0.15) is 17.1 Å². The van der Waals surface area contributed by atoms with Crippen molar-refractivity contribution >= 4 is 29.4 Å². The van der Waals surface area contributed by atoms with Crippen molar-refractivity contribution in [2.24, 2.45) is 5.73 Å². The first kappa shape index (κ1) is 23.8. The van der Waals surface area contributed by atoms with Crippen LogP contribution in [0.5, 0.6) is 11.5 Å². The van der Waals surface area contributed by atoms with Gasteiger partial charge in [0, 0.05) is 30.3 Å². The number of ketones is 1. The van der Waals surface area contributed by atoms with Crippen LogP contribution in [0.15, 0.2) is 30.3 Å². The van der Waals surface area contributed by atoms with Gasteiger partial charge in [0.15, 0.2) is 11.7 Å². The van der Waals surface area contributed by atoms with Gasteiger partial charge >= 0.3 is 0 Å². The van der Waals surface area contributed by atoms with E-state index >= 15 is 0 Å². The van der Waals surface area contributed by atoms with Crippen molar-refractivity contribution in [1.82, 2.24) is 5.32 Å². The predicted molar refractivity (Wildman–Crippen MR) is 129 cm³/mol. The Labute approximate surface area is 193 Å². The lowest BCUT2D eigenvalue weighted by atomic mass is 9.84. The number of aromatic hydroxyl groups is 1. The molecule has 0 aromatic heterocycles. The minimum atomic E-state index is -0.749. The summed E-state index contributed by atoms with van der Waals surface area (Å²) in [5, 5.41) is 23.0. The molecule has 1 amide bonds. The lowest BCUT2D eigenvalue weighted by molar-refractivity contribution is -0.116. The van der Waals surface area contributed by atoms with E-state index in [1.54, 1.807) is 44.2 Å². The average molecular weight is 451 g/mol. The van der Waals surface area contributed by atoms with Gasteiger partial charge in [0.25, 0.3) is 0 Å². The number of carbonyl (C=O) groups excluding carboxylic acids is 2. The molecule has 0 radical (unpaired) electrons. The van der Waals surface area contributed by atoms with Crippen LogP contribution in [0.4, 0.5) is 5.69 Å². The number of nitrogens with two attached hydrogens (primary N) is 1. The molecule has 1 aliphatic heterocycles. The molecule has 0 bridgehead atoms. The van der Waals surface area contributed by atoms with E-state index < -0.39 is 5.60 Å². The Morgan fingerprint density at radius 1 is 1.21 bits per heavy atom. The zero-order valence-corrected chi connectivity index (χ0v) is 19.3. The molecule has 8 nitrogen and oxygen atoms in total. The van der Waals surface area contributed by atoms with Crippen molar-refractivity contribution in [2.45, 2.75) is 46.1 Å². The fourth-order valence-corrected chi connectivity index (χ4v) is 3.93. The van der Waals surface area contributed by atoms with Crippen LogP contribution in [0.3, 0.4) is 0 Å². The van der Waals surface area contributed by atoms with Gasteiger partial charge in [0.05, 0.1) is 12.0 Å². The van der Waals surface area contributed by atoms with Crippen molar-refractivity contribution in [2.75, 3.05) is 11.9 Å². The van der Waals surface area contributed by atoms with E-state index in [2.05, 4.69) is 10.6 Å². The maximum Gasteiger partial charge on any atom is 0.244 e. The number of anilines is 1. The Hall–Kier alpha value is -3.81. The molecule has 174 valence electrons. The lowest BCUT2D eigenvalue weighted by Gasteiger charge is -2.37. The number of amides is 1. The van der Waals surface area contributed by atoms with Crippen LogP contribution in [-0.4, -0.2) is 34.9 Å². The van der Waals surface area contributed by atoms with Crippen molar-refractivity contribution in [3.63, 3.8) is 0 Å². The zero-order valence-electron chi connectivity index (χ0n) is 19.3. The summed E-state index contributed by atoms with van der Waals surface area (Å²) in [4.78, 5) is 25.1. The molecular weight excluding hydrogens is 420 g/mol. The molecule has 0 saturated carbocycles. The third kappa shape index (κ3) is 5.34. The molecule has 1 atom stereocenters. The van der Waals surface area contributed by atoms with E-state index in [0.29, 0.717) is 41.1 Å². The Bertz CT molecular complexity index is 1140. The largest absolute Gasteiger partial charge is 0.507 e. The second kappa shape index (κ2) is 9.36. The van der Waals surface area contributed by atoms with E-state index in [-0.39, 0.29) is 29.8 Å². The normalized spacial score (nSPS) is 17.4. The van der Waals surface area contributed by atoms with Crippen LogP contribution in [0.2, 0.25) is 0 Å². The SMILES string of the molecule is Cc1c(C)c2c(c(C)c1O)C(=O)CC(C)(CCNC(=O)C=Cc1ccc(NC(=N)N)cc1)O2. The van der Waals surface area contributed by atoms with Gasteiger partial charge in [0.2, 0.25) is 5.91 Å². The average Bonchev–Trinajstić information content (AvgIpc) is 2.75. The van der Waals surface area contributed by atoms with Crippen LogP contribution in [-0.2, 0) is 4.79 Å². The molecule has 6 N–H and O–H groups in total. The number of nitrogens with one attached hydrogen (secondary N) is 3. The van der Waals surface area contributed by atoms with Gasteiger partial charge < -0.3 is 26.2 Å². The number of fused-ring (bicyclic) bond motifs is 1. The van der Waals surface area contributed by atoms with Gasteiger partial charge in [-0.3, -0.25) is 15.0 Å². The Morgan fingerprint density at radius 3 is 2.52 bits per heavy atom. The summed E-state index contributed by atoms with van der Waals surface area (Å²) in [6, 6.07) is 7.14. The number of hydrogen-bond donors (Lipinski definition) is 5. The highest BCUT2D eigenvalue weighted by Gasteiger charge is 2.39. The molecule has 0 spiro atoms. The van der Waals surface area contributed by atoms with Crippen molar-refractivity contribution < 1.29 is 19.4 Å². The molecule has 33 heavy (non-hydrogen) atoms. The number of guanidine groups is 1. The van der Waals surface area contributed by atoms with Crippen LogP contribution < -0.4 is 21.1 Å². The second-order valence-corrected chi connectivity index (χ2v) is 8.61. The molecule has 1 aliphatic rings. The smallest absolute Gasteiger partial charge is 0.244 e. The van der Waals surface area contributed by atoms with Crippen molar-refractivity contribution in [3.05, 3.63) is 58.2 Å². The molecule has 1 heterocycles. The Kier molecular flexibility index (Phi) is 6.76. The van der Waals surface area contributed by atoms with Crippen LogP contribution in [0, 0.1) is 26.2 Å². The molecule has 2 aromatic carbocycles. The second-order valence-electron chi connectivity index (χ2n) is 8.61. The van der Waals surface area contributed by atoms with Crippen LogP contribution >= 0.6 is 0 Å². The number of hydrogen-bond acceptors (Lipinski definition) is 5. The quantitative estimate of drug-likeness (QED) is 0.259. The summed E-state index contributed by atoms with van der Waals surface area (Å²) in [7, 11) is 0. The minimum Gasteiger partial charge on any atom is -0.507 e. The topological polar surface area (TPSA) is 138 Å². The highest BCUT2D eigenvalue weighted by Crippen LogP contribution is 2.43. The van der Waals surface area contributed by atoms with E-state index in [9.17, 15) is 14.7 Å². The Balaban J connectivity index is 1.59. The van der Waals surface area contributed by atoms with Gasteiger partial charge in [-0.2, -0.15) is 0 Å². The third-order valence-electron chi connectivity index (χ3n) is 5.95. The van der Waals surface area contributed by atoms with Crippen molar-refractivity contribution in [3.8, 4) is 11.5 Å². The van der Waals surface area contributed by atoms with E-state index in [1.165, 1.54) is 6.08 Å². The fourth-order valence-electron chi connectivity index (χ4n) is 3.93. The molecule has 0 aliphatic carbocycles. The molecule has 3 rings (SSSR count). The van der Waals surface area contributed by atoms with Gasteiger partial charge in [-0.25, -0.2) is 0 Å². The first-order valence-electron chi connectivity index (χ1n) is 10.7. The Morgan fingerprint density at radius 2 is 1.88 bits per heavy atom. The highest BCUT2D eigenvalue weighted by molar-refractivity contribution is 6.03. The molecular formula is C25H30N4O4. The first-order chi connectivity index (χ1) is 15.5. The molecule has 2 aromatic rings. The summed E-state index contributed by atoms with van der Waals surface area (Å²) in [5.74, 6) is 0.201. The number of carbonyl (C=O) groups is 2. The first-order valence-corrected chi connectivity index (χ1v) is 10.7. The zero-order chi connectivity index (χ0) is 24.3. The van der Waals surface area contributed by atoms with E-state index in [0.717, 1.165) is 11.1 Å². The maximum atomic E-state index is 12.9. The molecule has 0 saturated heterocycles.